The number of hydrogen-bond acceptors (Lipinski definition) is 4. The van der Waals surface area contributed by atoms with Crippen molar-refractivity contribution >= 4 is 23.3 Å². The third kappa shape index (κ3) is 3.86. The van der Waals surface area contributed by atoms with Gasteiger partial charge in [-0.05, 0) is 25.2 Å². The summed E-state index contributed by atoms with van der Waals surface area (Å²) in [5.41, 5.74) is 1.51. The summed E-state index contributed by atoms with van der Waals surface area (Å²) in [5.74, 6) is 0.777. The molecule has 0 atom stereocenters. The third-order valence-electron chi connectivity index (χ3n) is 4.23. The molecule has 6 heteroatoms. The largest absolute Gasteiger partial charge is 0.354 e. The lowest BCUT2D eigenvalue weighted by atomic mass is 10.2. The molecule has 1 amide bonds. The van der Waals surface area contributed by atoms with E-state index in [2.05, 4.69) is 27.1 Å². The summed E-state index contributed by atoms with van der Waals surface area (Å²) in [4.78, 5) is 21.4. The van der Waals surface area contributed by atoms with Crippen LogP contribution in [0.15, 0.2) is 42.6 Å². The van der Waals surface area contributed by atoms with E-state index in [4.69, 9.17) is 11.6 Å². The number of nitrogens with zero attached hydrogens (tertiary/aromatic N) is 3. The van der Waals surface area contributed by atoms with E-state index in [1.54, 1.807) is 24.4 Å². The quantitative estimate of drug-likeness (QED) is 0.925. The molecule has 0 spiro atoms. The molecule has 126 valence electrons. The first-order chi connectivity index (χ1) is 11.6. The summed E-state index contributed by atoms with van der Waals surface area (Å²) in [6.45, 7) is 4.35. The highest BCUT2D eigenvalue weighted by Crippen LogP contribution is 2.19. The molecule has 3 rings (SSSR count). The monoisotopic (exact) mass is 344 g/mol. The molecule has 0 saturated carbocycles. The minimum absolute atomic E-state index is 0.172. The Labute approximate surface area is 147 Å². The number of halogens is 1. The first-order valence-electron chi connectivity index (χ1n) is 8.05. The Hall–Kier alpha value is -2.11. The van der Waals surface area contributed by atoms with Crippen LogP contribution in [0, 0.1) is 0 Å². The van der Waals surface area contributed by atoms with Gasteiger partial charge in [0, 0.05) is 44.5 Å². The number of nitrogens with one attached hydrogen (secondary N) is 1. The number of likely N-dealkylation sites (N-methyl/N-ethyl adjacent to an activating group) is 1. The number of anilines is 1. The number of hydrogen-bond donors (Lipinski definition) is 1. The van der Waals surface area contributed by atoms with Crippen molar-refractivity contribution in [1.82, 2.24) is 15.2 Å². The van der Waals surface area contributed by atoms with Crippen LogP contribution in [0.5, 0.6) is 0 Å². The van der Waals surface area contributed by atoms with Gasteiger partial charge in [0.15, 0.2) is 0 Å². The predicted octanol–water partition coefficient (Wildman–Crippen LogP) is 2.42. The maximum atomic E-state index is 12.3. The van der Waals surface area contributed by atoms with E-state index in [-0.39, 0.29) is 5.91 Å². The Morgan fingerprint density at radius 2 is 1.92 bits per heavy atom. The third-order valence-corrected chi connectivity index (χ3v) is 4.56. The first-order valence-corrected chi connectivity index (χ1v) is 8.43. The summed E-state index contributed by atoms with van der Waals surface area (Å²) in [6, 6.07) is 11.0. The molecular weight excluding hydrogens is 324 g/mol. The summed E-state index contributed by atoms with van der Waals surface area (Å²) in [5, 5.41) is 3.40. The average Bonchev–Trinajstić information content (AvgIpc) is 2.61. The summed E-state index contributed by atoms with van der Waals surface area (Å²) >= 11 is 6.08. The Morgan fingerprint density at radius 1 is 1.17 bits per heavy atom. The lowest BCUT2D eigenvalue weighted by Gasteiger charge is -2.34. The highest BCUT2D eigenvalue weighted by Gasteiger charge is 2.18. The molecule has 0 unspecified atom stereocenters. The number of piperazine rings is 1. The van der Waals surface area contributed by atoms with Crippen LogP contribution >= 0.6 is 11.6 Å². The van der Waals surface area contributed by atoms with Crippen molar-refractivity contribution in [3.8, 4) is 0 Å². The molecule has 1 aliphatic rings. The highest BCUT2D eigenvalue weighted by molar-refractivity contribution is 6.33. The molecule has 0 aliphatic carbocycles. The summed E-state index contributed by atoms with van der Waals surface area (Å²) in [7, 11) is 2.13. The van der Waals surface area contributed by atoms with Crippen LogP contribution in [-0.2, 0) is 6.54 Å². The van der Waals surface area contributed by atoms with E-state index in [1.165, 1.54) is 0 Å². The predicted molar refractivity (Wildman–Crippen MR) is 96.6 cm³/mol. The molecule has 2 heterocycles. The van der Waals surface area contributed by atoms with Crippen LogP contribution in [0.2, 0.25) is 5.02 Å². The number of benzene rings is 1. The minimum Gasteiger partial charge on any atom is -0.354 e. The van der Waals surface area contributed by atoms with Crippen molar-refractivity contribution in [3.05, 3.63) is 58.7 Å². The summed E-state index contributed by atoms with van der Waals surface area (Å²) in [6.07, 6.45) is 1.80. The molecule has 0 bridgehead atoms. The topological polar surface area (TPSA) is 48.5 Å². The molecule has 1 saturated heterocycles. The van der Waals surface area contributed by atoms with Gasteiger partial charge in [0.1, 0.15) is 5.82 Å². The average molecular weight is 345 g/mol. The normalized spacial score (nSPS) is 15.3. The van der Waals surface area contributed by atoms with Gasteiger partial charge in [0.2, 0.25) is 0 Å². The number of rotatable bonds is 4. The van der Waals surface area contributed by atoms with E-state index in [0.29, 0.717) is 17.1 Å². The fraction of sp³-hybridized carbons (Fsp3) is 0.333. The molecule has 1 fully saturated rings. The van der Waals surface area contributed by atoms with Gasteiger partial charge >= 0.3 is 0 Å². The van der Waals surface area contributed by atoms with Gasteiger partial charge in [-0.15, -0.1) is 0 Å². The zero-order chi connectivity index (χ0) is 16.9. The van der Waals surface area contributed by atoms with Crippen molar-refractivity contribution in [2.75, 3.05) is 38.1 Å². The highest BCUT2D eigenvalue weighted by atomic mass is 35.5. The SMILES string of the molecule is CN1CCN(c2ncccc2CNC(=O)c2ccccc2Cl)CC1. The zero-order valence-electron chi connectivity index (χ0n) is 13.7. The van der Waals surface area contributed by atoms with Crippen molar-refractivity contribution < 1.29 is 4.79 Å². The van der Waals surface area contributed by atoms with Crippen LogP contribution in [0.25, 0.3) is 0 Å². The van der Waals surface area contributed by atoms with E-state index in [9.17, 15) is 4.79 Å². The second-order valence-corrected chi connectivity index (χ2v) is 6.35. The Kier molecular flexibility index (Phi) is 5.33. The van der Waals surface area contributed by atoms with Crippen LogP contribution in [0.4, 0.5) is 5.82 Å². The number of aromatic nitrogens is 1. The van der Waals surface area contributed by atoms with E-state index < -0.39 is 0 Å². The van der Waals surface area contributed by atoms with Gasteiger partial charge in [-0.2, -0.15) is 0 Å². The van der Waals surface area contributed by atoms with Gasteiger partial charge in [-0.3, -0.25) is 4.79 Å². The fourth-order valence-electron chi connectivity index (χ4n) is 2.79. The van der Waals surface area contributed by atoms with Crippen molar-refractivity contribution in [2.24, 2.45) is 0 Å². The molecule has 5 nitrogen and oxygen atoms in total. The zero-order valence-corrected chi connectivity index (χ0v) is 14.5. The first kappa shape index (κ1) is 16.7. The van der Waals surface area contributed by atoms with Crippen LogP contribution < -0.4 is 10.2 Å². The van der Waals surface area contributed by atoms with Gasteiger partial charge in [-0.25, -0.2) is 4.98 Å². The Bertz CT molecular complexity index is 714. The number of carbonyl (C=O) groups is 1. The van der Waals surface area contributed by atoms with Crippen molar-refractivity contribution in [3.63, 3.8) is 0 Å². The van der Waals surface area contributed by atoms with Crippen LogP contribution in [-0.4, -0.2) is 49.0 Å². The van der Waals surface area contributed by atoms with Gasteiger partial charge in [-0.1, -0.05) is 29.8 Å². The van der Waals surface area contributed by atoms with Crippen LogP contribution in [0.3, 0.4) is 0 Å². The van der Waals surface area contributed by atoms with Crippen molar-refractivity contribution in [2.45, 2.75) is 6.54 Å². The van der Waals surface area contributed by atoms with E-state index >= 15 is 0 Å². The molecule has 24 heavy (non-hydrogen) atoms. The molecule has 1 aromatic carbocycles. The van der Waals surface area contributed by atoms with Crippen LogP contribution in [0.1, 0.15) is 15.9 Å². The lowest BCUT2D eigenvalue weighted by molar-refractivity contribution is 0.0951. The van der Waals surface area contributed by atoms with Gasteiger partial charge in [0.05, 0.1) is 10.6 Å². The lowest BCUT2D eigenvalue weighted by Crippen LogP contribution is -2.45. The molecule has 1 N–H and O–H groups in total. The smallest absolute Gasteiger partial charge is 0.253 e. The molecule has 1 aromatic heterocycles. The van der Waals surface area contributed by atoms with Crippen molar-refractivity contribution in [1.29, 1.82) is 0 Å². The van der Waals surface area contributed by atoms with E-state index in [1.807, 2.05) is 18.2 Å². The summed E-state index contributed by atoms with van der Waals surface area (Å²) < 4.78 is 0. The van der Waals surface area contributed by atoms with Gasteiger partial charge in [0.25, 0.3) is 5.91 Å². The second-order valence-electron chi connectivity index (χ2n) is 5.94. The molecule has 0 radical (unpaired) electrons. The van der Waals surface area contributed by atoms with E-state index in [0.717, 1.165) is 37.6 Å². The standard InChI is InChI=1S/C18H21ClN4O/c1-22-9-11-23(12-10-22)17-14(5-4-8-20-17)13-21-18(24)15-6-2-3-7-16(15)19/h2-8H,9-13H2,1H3,(H,21,24). The van der Waals surface area contributed by atoms with Gasteiger partial charge < -0.3 is 15.1 Å². The molecular formula is C18H21ClN4O. The number of carbonyl (C=O) groups excluding carboxylic acids is 1. The second kappa shape index (κ2) is 7.64. The fourth-order valence-corrected chi connectivity index (χ4v) is 3.01. The molecule has 1 aliphatic heterocycles. The maximum absolute atomic E-state index is 12.3. The Morgan fingerprint density at radius 3 is 2.67 bits per heavy atom. The number of pyridine rings is 1. The minimum atomic E-state index is -0.172. The number of amides is 1. The molecule has 2 aromatic rings. The maximum Gasteiger partial charge on any atom is 0.253 e. The Balaban J connectivity index is 1.70.